The van der Waals surface area contributed by atoms with Crippen LogP contribution in [0.2, 0.25) is 0 Å². The normalized spacial score (nSPS) is 32.3. The maximum Gasteiger partial charge on any atom is 0.0689 e. The third-order valence-corrected chi connectivity index (χ3v) is 7.65. The molecule has 0 aliphatic heterocycles. The standard InChI is InChI=1S/C25H45N/c1-3-5-7-8-9-12-22-14-16-23(17-15-22)24-13-11-19-25(20-24,21-26)18-10-6-4-2/h22-24H,3-20H2,1-2H3. The lowest BCUT2D eigenvalue weighted by Gasteiger charge is -2.42. The van der Waals surface area contributed by atoms with Crippen molar-refractivity contribution >= 4 is 0 Å². The van der Waals surface area contributed by atoms with Crippen LogP contribution >= 0.6 is 0 Å². The molecule has 0 spiro atoms. The summed E-state index contributed by atoms with van der Waals surface area (Å²) in [5.41, 5.74) is 0.0359. The lowest BCUT2D eigenvalue weighted by atomic mass is 9.62. The Bertz CT molecular complexity index is 401. The summed E-state index contributed by atoms with van der Waals surface area (Å²) in [5.74, 6) is 2.81. The van der Waals surface area contributed by atoms with Gasteiger partial charge in [-0.3, -0.25) is 0 Å². The predicted octanol–water partition coefficient (Wildman–Crippen LogP) is 8.43. The third kappa shape index (κ3) is 6.90. The second-order valence-electron chi connectivity index (χ2n) is 9.69. The van der Waals surface area contributed by atoms with Gasteiger partial charge in [-0.05, 0) is 49.9 Å². The summed E-state index contributed by atoms with van der Waals surface area (Å²) in [4.78, 5) is 0. The van der Waals surface area contributed by atoms with Crippen molar-refractivity contribution in [2.45, 2.75) is 129 Å². The van der Waals surface area contributed by atoms with Gasteiger partial charge in [-0.2, -0.15) is 5.26 Å². The highest BCUT2D eigenvalue weighted by Crippen LogP contribution is 2.48. The highest BCUT2D eigenvalue weighted by Gasteiger charge is 2.39. The van der Waals surface area contributed by atoms with Gasteiger partial charge in [0, 0.05) is 0 Å². The smallest absolute Gasteiger partial charge is 0.0689 e. The quantitative estimate of drug-likeness (QED) is 0.339. The summed E-state index contributed by atoms with van der Waals surface area (Å²) in [5, 5.41) is 9.91. The SMILES string of the molecule is CCCCCCCC1CCC(C2CCCC(C#N)(CCCCC)C2)CC1. The molecule has 150 valence electrons. The molecule has 2 aliphatic carbocycles. The molecule has 0 heterocycles. The number of rotatable bonds is 11. The number of unbranched alkanes of at least 4 members (excludes halogenated alkanes) is 6. The molecule has 0 bridgehead atoms. The van der Waals surface area contributed by atoms with Crippen molar-refractivity contribution < 1.29 is 0 Å². The second kappa shape index (κ2) is 12.0. The van der Waals surface area contributed by atoms with Crippen LogP contribution in [0.5, 0.6) is 0 Å². The van der Waals surface area contributed by atoms with Gasteiger partial charge >= 0.3 is 0 Å². The summed E-state index contributed by atoms with van der Waals surface area (Å²) in [6.07, 6.45) is 24.6. The number of hydrogen-bond donors (Lipinski definition) is 0. The maximum absolute atomic E-state index is 9.91. The van der Waals surface area contributed by atoms with Crippen LogP contribution in [-0.4, -0.2) is 0 Å². The zero-order chi connectivity index (χ0) is 18.7. The molecule has 0 aromatic carbocycles. The molecule has 2 aliphatic rings. The van der Waals surface area contributed by atoms with E-state index >= 15 is 0 Å². The van der Waals surface area contributed by atoms with E-state index in [4.69, 9.17) is 0 Å². The van der Waals surface area contributed by atoms with Gasteiger partial charge in [0.25, 0.3) is 0 Å². The van der Waals surface area contributed by atoms with Gasteiger partial charge < -0.3 is 0 Å². The average molecular weight is 360 g/mol. The molecule has 2 atom stereocenters. The van der Waals surface area contributed by atoms with E-state index in [1.165, 1.54) is 116 Å². The minimum atomic E-state index is 0.0359. The van der Waals surface area contributed by atoms with Crippen LogP contribution in [0.1, 0.15) is 129 Å². The van der Waals surface area contributed by atoms with Crippen LogP contribution in [0.3, 0.4) is 0 Å². The number of hydrogen-bond acceptors (Lipinski definition) is 1. The molecule has 0 N–H and O–H groups in total. The van der Waals surface area contributed by atoms with E-state index in [-0.39, 0.29) is 5.41 Å². The van der Waals surface area contributed by atoms with Crippen LogP contribution in [0.25, 0.3) is 0 Å². The molecule has 1 heteroatoms. The minimum Gasteiger partial charge on any atom is -0.198 e. The minimum absolute atomic E-state index is 0.0359. The van der Waals surface area contributed by atoms with E-state index in [9.17, 15) is 5.26 Å². The van der Waals surface area contributed by atoms with E-state index in [1.807, 2.05) is 0 Å². The Morgan fingerprint density at radius 2 is 1.50 bits per heavy atom. The molecule has 0 aromatic heterocycles. The fourth-order valence-corrected chi connectivity index (χ4v) is 5.89. The van der Waals surface area contributed by atoms with Crippen LogP contribution in [-0.2, 0) is 0 Å². The van der Waals surface area contributed by atoms with Crippen LogP contribution in [0.15, 0.2) is 0 Å². The van der Waals surface area contributed by atoms with Gasteiger partial charge in [0.05, 0.1) is 11.5 Å². The lowest BCUT2D eigenvalue weighted by molar-refractivity contribution is 0.102. The first-order valence-corrected chi connectivity index (χ1v) is 12.1. The van der Waals surface area contributed by atoms with Crippen molar-refractivity contribution in [2.75, 3.05) is 0 Å². The molecule has 0 aromatic rings. The Balaban J connectivity index is 1.71. The molecule has 0 amide bonds. The molecule has 0 saturated heterocycles. The average Bonchev–Trinajstić information content (AvgIpc) is 2.69. The zero-order valence-corrected chi connectivity index (χ0v) is 17.9. The van der Waals surface area contributed by atoms with Gasteiger partial charge in [-0.25, -0.2) is 0 Å². The highest BCUT2D eigenvalue weighted by atomic mass is 14.5. The van der Waals surface area contributed by atoms with E-state index in [0.29, 0.717) is 0 Å². The maximum atomic E-state index is 9.91. The lowest BCUT2D eigenvalue weighted by Crippen LogP contribution is -2.32. The highest BCUT2D eigenvalue weighted by molar-refractivity contribution is 5.03. The van der Waals surface area contributed by atoms with Crippen LogP contribution in [0, 0.1) is 34.5 Å². The molecular formula is C25H45N. The van der Waals surface area contributed by atoms with Gasteiger partial charge in [-0.15, -0.1) is 0 Å². The fourth-order valence-electron chi connectivity index (χ4n) is 5.89. The first-order chi connectivity index (χ1) is 12.7. The summed E-state index contributed by atoms with van der Waals surface area (Å²) in [6, 6.07) is 2.80. The van der Waals surface area contributed by atoms with E-state index in [2.05, 4.69) is 19.9 Å². The van der Waals surface area contributed by atoms with Gasteiger partial charge in [0.15, 0.2) is 0 Å². The summed E-state index contributed by atoms with van der Waals surface area (Å²) < 4.78 is 0. The van der Waals surface area contributed by atoms with Crippen LogP contribution < -0.4 is 0 Å². The van der Waals surface area contributed by atoms with Crippen LogP contribution in [0.4, 0.5) is 0 Å². The first kappa shape index (κ1) is 21.8. The van der Waals surface area contributed by atoms with Crippen molar-refractivity contribution in [3.63, 3.8) is 0 Å². The predicted molar refractivity (Wildman–Crippen MR) is 113 cm³/mol. The fraction of sp³-hybridized carbons (Fsp3) is 0.960. The zero-order valence-electron chi connectivity index (χ0n) is 17.9. The van der Waals surface area contributed by atoms with Crippen molar-refractivity contribution in [1.82, 2.24) is 0 Å². The van der Waals surface area contributed by atoms with Crippen molar-refractivity contribution in [2.24, 2.45) is 23.2 Å². The summed E-state index contributed by atoms with van der Waals surface area (Å²) in [6.45, 7) is 4.57. The Hall–Kier alpha value is -0.510. The van der Waals surface area contributed by atoms with Gasteiger partial charge in [-0.1, -0.05) is 97.3 Å². The van der Waals surface area contributed by atoms with Crippen molar-refractivity contribution in [3.05, 3.63) is 0 Å². The summed E-state index contributed by atoms with van der Waals surface area (Å²) >= 11 is 0. The van der Waals surface area contributed by atoms with Crippen molar-refractivity contribution in [3.8, 4) is 6.07 Å². The molecule has 2 fully saturated rings. The number of nitriles is 1. The largest absolute Gasteiger partial charge is 0.198 e. The van der Waals surface area contributed by atoms with E-state index in [1.54, 1.807) is 0 Å². The number of nitrogens with zero attached hydrogens (tertiary/aromatic N) is 1. The summed E-state index contributed by atoms with van der Waals surface area (Å²) in [7, 11) is 0. The second-order valence-corrected chi connectivity index (χ2v) is 9.69. The first-order valence-electron chi connectivity index (χ1n) is 12.1. The molecular weight excluding hydrogens is 314 g/mol. The molecule has 2 unspecified atom stereocenters. The van der Waals surface area contributed by atoms with Gasteiger partial charge in [0.2, 0.25) is 0 Å². The molecule has 2 saturated carbocycles. The molecule has 0 radical (unpaired) electrons. The van der Waals surface area contributed by atoms with Gasteiger partial charge in [0.1, 0.15) is 0 Å². The molecule has 1 nitrogen and oxygen atoms in total. The molecule has 26 heavy (non-hydrogen) atoms. The van der Waals surface area contributed by atoms with Crippen molar-refractivity contribution in [1.29, 1.82) is 5.26 Å². The monoisotopic (exact) mass is 359 g/mol. The third-order valence-electron chi connectivity index (χ3n) is 7.65. The Morgan fingerprint density at radius 1 is 0.808 bits per heavy atom. The molecule has 2 rings (SSSR count). The topological polar surface area (TPSA) is 23.8 Å². The van der Waals surface area contributed by atoms with E-state index < -0.39 is 0 Å². The Morgan fingerprint density at radius 3 is 2.19 bits per heavy atom. The Kier molecular flexibility index (Phi) is 10.1. The van der Waals surface area contributed by atoms with E-state index in [0.717, 1.165) is 17.8 Å². The Labute approximate surface area is 164 Å².